The number of aromatic nitrogens is 6. The summed E-state index contributed by atoms with van der Waals surface area (Å²) in [6.45, 7) is 6.71. The lowest BCUT2D eigenvalue weighted by atomic mass is 9.87. The average Bonchev–Trinajstić information content (AvgIpc) is 3.52. The van der Waals surface area contributed by atoms with E-state index in [1.165, 1.54) is 16.5 Å². The van der Waals surface area contributed by atoms with Crippen LogP contribution in [0.4, 0.5) is 5.82 Å². The molecule has 11 nitrogen and oxygen atoms in total. The van der Waals surface area contributed by atoms with Crippen LogP contribution in [-0.2, 0) is 16.7 Å². The standard InChI is InChI=1S/C24H29N7O4/c1-24(2,3)15-6-4-13(5-7-15)9-30-10-14(8-27-30)21-28-20(25)17-22(29-21)31(12-26-17)23-19(34)18(33)16(11-32)35-23/h4-8,10,12,16,18-19,23,32-34H,9,11H2,1-3H3,(H2,25,28,29)/t16?,18-,19-,23?/m1/s1. The van der Waals surface area contributed by atoms with Gasteiger partial charge in [0.25, 0.3) is 0 Å². The molecule has 5 rings (SSSR count). The Balaban J connectivity index is 1.43. The summed E-state index contributed by atoms with van der Waals surface area (Å²) >= 11 is 0. The van der Waals surface area contributed by atoms with Gasteiger partial charge in [0, 0.05) is 6.20 Å². The van der Waals surface area contributed by atoms with Crippen molar-refractivity contribution in [1.29, 1.82) is 0 Å². The topological polar surface area (TPSA) is 157 Å². The van der Waals surface area contributed by atoms with Gasteiger partial charge in [0.05, 0.1) is 31.2 Å². The molecule has 0 amide bonds. The monoisotopic (exact) mass is 479 g/mol. The number of nitrogens with two attached hydrogens (primary N) is 1. The molecule has 11 heteroatoms. The molecule has 4 aromatic rings. The van der Waals surface area contributed by atoms with Crippen molar-refractivity contribution in [2.75, 3.05) is 12.3 Å². The molecule has 1 fully saturated rings. The second kappa shape index (κ2) is 8.68. The van der Waals surface area contributed by atoms with Gasteiger partial charge in [-0.05, 0) is 16.5 Å². The minimum absolute atomic E-state index is 0.0938. The first-order valence-corrected chi connectivity index (χ1v) is 11.4. The van der Waals surface area contributed by atoms with Crippen LogP contribution in [0.25, 0.3) is 22.6 Å². The Hall–Kier alpha value is -3.38. The van der Waals surface area contributed by atoms with Crippen molar-refractivity contribution in [3.8, 4) is 11.4 Å². The van der Waals surface area contributed by atoms with Gasteiger partial charge < -0.3 is 25.8 Å². The summed E-state index contributed by atoms with van der Waals surface area (Å²) in [4.78, 5) is 13.2. The zero-order chi connectivity index (χ0) is 24.9. The summed E-state index contributed by atoms with van der Waals surface area (Å²) in [5.74, 6) is 0.513. The maximum Gasteiger partial charge on any atom is 0.168 e. The van der Waals surface area contributed by atoms with Gasteiger partial charge >= 0.3 is 0 Å². The molecule has 2 unspecified atom stereocenters. The predicted molar refractivity (Wildman–Crippen MR) is 128 cm³/mol. The Morgan fingerprint density at radius 3 is 2.49 bits per heavy atom. The number of aliphatic hydroxyl groups is 3. The summed E-state index contributed by atoms with van der Waals surface area (Å²) in [5, 5.41) is 34.4. The highest BCUT2D eigenvalue weighted by molar-refractivity contribution is 5.83. The zero-order valence-corrected chi connectivity index (χ0v) is 19.8. The van der Waals surface area contributed by atoms with E-state index in [2.05, 4.69) is 65.1 Å². The van der Waals surface area contributed by atoms with E-state index in [0.717, 1.165) is 5.56 Å². The molecule has 4 heterocycles. The van der Waals surface area contributed by atoms with Crippen LogP contribution in [0.5, 0.6) is 0 Å². The quantitative estimate of drug-likeness (QED) is 0.330. The van der Waals surface area contributed by atoms with Crippen LogP contribution in [0.3, 0.4) is 0 Å². The van der Waals surface area contributed by atoms with Gasteiger partial charge in [0.15, 0.2) is 23.5 Å². The van der Waals surface area contributed by atoms with Crippen molar-refractivity contribution in [3.05, 3.63) is 54.1 Å². The molecule has 184 valence electrons. The van der Waals surface area contributed by atoms with Crippen molar-refractivity contribution in [2.45, 2.75) is 57.3 Å². The van der Waals surface area contributed by atoms with E-state index < -0.39 is 31.1 Å². The van der Waals surface area contributed by atoms with Gasteiger partial charge in [-0.1, -0.05) is 45.0 Å². The third kappa shape index (κ3) is 4.27. The first-order valence-electron chi connectivity index (χ1n) is 11.4. The lowest BCUT2D eigenvalue weighted by Crippen LogP contribution is -2.33. The van der Waals surface area contributed by atoms with Crippen molar-refractivity contribution < 1.29 is 20.1 Å². The van der Waals surface area contributed by atoms with E-state index in [9.17, 15) is 15.3 Å². The zero-order valence-electron chi connectivity index (χ0n) is 19.8. The van der Waals surface area contributed by atoms with Crippen LogP contribution >= 0.6 is 0 Å². The summed E-state index contributed by atoms with van der Waals surface area (Å²) in [6, 6.07) is 8.47. The van der Waals surface area contributed by atoms with Crippen LogP contribution < -0.4 is 5.73 Å². The normalized spacial score (nSPS) is 22.8. The number of imidazole rings is 1. The molecule has 4 atom stereocenters. The van der Waals surface area contributed by atoms with Crippen LogP contribution in [-0.4, -0.2) is 69.5 Å². The van der Waals surface area contributed by atoms with Crippen molar-refractivity contribution in [2.24, 2.45) is 0 Å². The maximum absolute atomic E-state index is 10.4. The number of nitrogens with zero attached hydrogens (tertiary/aromatic N) is 6. The number of aliphatic hydroxyl groups excluding tert-OH is 3. The summed E-state index contributed by atoms with van der Waals surface area (Å²) < 4.78 is 8.92. The molecule has 0 saturated carbocycles. The molecular formula is C24H29N7O4. The Labute approximate surface area is 201 Å². The van der Waals surface area contributed by atoms with Crippen LogP contribution in [0, 0.1) is 0 Å². The van der Waals surface area contributed by atoms with E-state index >= 15 is 0 Å². The van der Waals surface area contributed by atoms with Crippen LogP contribution in [0.1, 0.15) is 38.1 Å². The largest absolute Gasteiger partial charge is 0.394 e. The highest BCUT2D eigenvalue weighted by Gasteiger charge is 2.44. The van der Waals surface area contributed by atoms with Crippen LogP contribution in [0.15, 0.2) is 43.0 Å². The minimum atomic E-state index is -1.27. The minimum Gasteiger partial charge on any atom is -0.394 e. The molecule has 1 aliphatic heterocycles. The average molecular weight is 480 g/mol. The third-order valence-corrected chi connectivity index (χ3v) is 6.30. The van der Waals surface area contributed by atoms with E-state index in [1.54, 1.807) is 10.9 Å². The summed E-state index contributed by atoms with van der Waals surface area (Å²) in [6.07, 6.45) is 0.524. The fourth-order valence-corrected chi connectivity index (χ4v) is 4.23. The Morgan fingerprint density at radius 2 is 1.83 bits per heavy atom. The first kappa shape index (κ1) is 23.4. The number of nitrogen functional groups attached to an aromatic ring is 1. The number of hydrogen-bond acceptors (Lipinski definition) is 9. The molecule has 1 aromatic carbocycles. The fourth-order valence-electron chi connectivity index (χ4n) is 4.23. The van der Waals surface area contributed by atoms with Gasteiger partial charge in [-0.25, -0.2) is 15.0 Å². The van der Waals surface area contributed by atoms with Crippen LogP contribution in [0.2, 0.25) is 0 Å². The number of rotatable bonds is 5. The molecule has 1 aliphatic rings. The molecule has 35 heavy (non-hydrogen) atoms. The third-order valence-electron chi connectivity index (χ3n) is 6.30. The molecule has 1 saturated heterocycles. The van der Waals surface area contributed by atoms with Crippen molar-refractivity contribution in [3.63, 3.8) is 0 Å². The maximum atomic E-state index is 10.4. The van der Waals surface area contributed by atoms with Gasteiger partial charge in [0.1, 0.15) is 23.8 Å². The fraction of sp³-hybridized carbons (Fsp3) is 0.417. The summed E-state index contributed by atoms with van der Waals surface area (Å²) in [5.41, 5.74) is 9.99. The Morgan fingerprint density at radius 1 is 1.09 bits per heavy atom. The smallest absolute Gasteiger partial charge is 0.168 e. The van der Waals surface area contributed by atoms with Crippen molar-refractivity contribution >= 4 is 17.0 Å². The van der Waals surface area contributed by atoms with E-state index in [4.69, 9.17) is 10.5 Å². The molecular weight excluding hydrogens is 450 g/mol. The summed E-state index contributed by atoms with van der Waals surface area (Å²) in [7, 11) is 0. The highest BCUT2D eigenvalue weighted by Crippen LogP contribution is 2.32. The Bertz CT molecular complexity index is 1340. The number of hydrogen-bond donors (Lipinski definition) is 4. The lowest BCUT2D eigenvalue weighted by Gasteiger charge is -2.19. The lowest BCUT2D eigenvalue weighted by molar-refractivity contribution is -0.0511. The number of benzene rings is 1. The molecule has 0 aliphatic carbocycles. The second-order valence-corrected chi connectivity index (χ2v) is 9.86. The van der Waals surface area contributed by atoms with Gasteiger partial charge in [0.2, 0.25) is 0 Å². The van der Waals surface area contributed by atoms with E-state index in [1.807, 2.05) is 6.20 Å². The molecule has 0 radical (unpaired) electrons. The Kier molecular flexibility index (Phi) is 5.80. The van der Waals surface area contributed by atoms with E-state index in [0.29, 0.717) is 29.1 Å². The molecule has 0 bridgehead atoms. The van der Waals surface area contributed by atoms with Gasteiger partial charge in [-0.3, -0.25) is 9.25 Å². The SMILES string of the molecule is CC(C)(C)c1ccc(Cn2cc(-c3nc(N)c4ncn(C5OC(CO)[C@@H](O)[C@H]5O)c4n3)cn2)cc1. The van der Waals surface area contributed by atoms with Gasteiger partial charge in [-0.15, -0.1) is 0 Å². The first-order chi connectivity index (χ1) is 16.7. The molecule has 0 spiro atoms. The predicted octanol–water partition coefficient (Wildman–Crippen LogP) is 1.23. The number of anilines is 1. The number of fused-ring (bicyclic) bond motifs is 1. The van der Waals surface area contributed by atoms with Crippen molar-refractivity contribution in [1.82, 2.24) is 29.3 Å². The molecule has 5 N–H and O–H groups in total. The molecule has 3 aromatic heterocycles. The highest BCUT2D eigenvalue weighted by atomic mass is 16.6. The second-order valence-electron chi connectivity index (χ2n) is 9.86. The number of ether oxygens (including phenoxy) is 1. The van der Waals surface area contributed by atoms with Gasteiger partial charge in [-0.2, -0.15) is 5.10 Å². The van der Waals surface area contributed by atoms with E-state index in [-0.39, 0.29) is 11.2 Å².